The highest BCUT2D eigenvalue weighted by Gasteiger charge is 1.88. The molecule has 0 aliphatic carbocycles. The third-order valence-electron chi connectivity index (χ3n) is 0.923. The molecule has 2 N–H and O–H groups in total. The summed E-state index contributed by atoms with van der Waals surface area (Å²) in [6.07, 6.45) is 6.55. The molecule has 0 atom stereocenters. The van der Waals surface area contributed by atoms with Gasteiger partial charge in [-0.2, -0.15) is 0 Å². The van der Waals surface area contributed by atoms with Gasteiger partial charge in [0.25, 0.3) is 0 Å². The number of nitrogens with zero attached hydrogens (tertiary/aromatic N) is 1. The minimum atomic E-state index is -1.26. The maximum absolute atomic E-state index is 9.55. The zero-order valence-corrected chi connectivity index (χ0v) is 8.42. The normalized spacial score (nSPS) is 13.1. The van der Waals surface area contributed by atoms with Crippen molar-refractivity contribution < 1.29 is 19.8 Å². The number of thioether (sulfide) groups is 1. The van der Waals surface area contributed by atoms with Gasteiger partial charge in [-0.15, -0.1) is 11.8 Å². The summed E-state index contributed by atoms with van der Waals surface area (Å²) >= 11 is 1.63. The van der Waals surface area contributed by atoms with Gasteiger partial charge in [0.2, 0.25) is 0 Å². The fourth-order valence-corrected chi connectivity index (χ4v) is 0.830. The number of hydrogen-bond acceptors (Lipinski definition) is 4. The number of aliphatic imine (C=N–C) groups is 1. The Kier molecular flexibility index (Phi) is 7.70. The first kappa shape index (κ1) is 13.2. The van der Waals surface area contributed by atoms with Crippen molar-refractivity contribution in [1.82, 2.24) is 0 Å². The van der Waals surface area contributed by atoms with Crippen molar-refractivity contribution in [2.45, 2.75) is 0 Å². The van der Waals surface area contributed by atoms with Crippen molar-refractivity contribution in [3.05, 3.63) is 35.2 Å². The van der Waals surface area contributed by atoms with Gasteiger partial charge in [0.05, 0.1) is 0 Å². The number of carboxylic acids is 2. The van der Waals surface area contributed by atoms with E-state index < -0.39 is 11.9 Å². The molecule has 0 spiro atoms. The Bertz CT molecular complexity index is 301. The van der Waals surface area contributed by atoms with E-state index in [1.807, 2.05) is 16.9 Å². The highest BCUT2D eigenvalue weighted by molar-refractivity contribution is 8.04. The van der Waals surface area contributed by atoms with Gasteiger partial charge in [0, 0.05) is 24.6 Å². The smallest absolute Gasteiger partial charge is 0.328 e. The average Bonchev–Trinajstić information content (AvgIpc) is 2.47. The van der Waals surface area contributed by atoms with E-state index in [0.29, 0.717) is 12.2 Å². The predicted molar refractivity (Wildman–Crippen MR) is 58.8 cm³/mol. The molecule has 6 heteroatoms. The Morgan fingerprint density at radius 1 is 1.13 bits per heavy atom. The van der Waals surface area contributed by atoms with Crippen molar-refractivity contribution in [3.8, 4) is 0 Å². The molecule has 1 heterocycles. The standard InChI is InChI=1S/C5H5NS.C4H4O4/c1-2-6-3-5-7-4-1;5-3(6)1-2-4(7)8/h1-5H;1-2H,(H,5,6)(H,7,8)/b;2-1+. The summed E-state index contributed by atoms with van der Waals surface area (Å²) in [5.74, 6) is -2.51. The summed E-state index contributed by atoms with van der Waals surface area (Å²) in [6, 6.07) is 0. The zero-order chi connectivity index (χ0) is 11.5. The molecule has 5 nitrogen and oxygen atoms in total. The first-order chi connectivity index (χ1) is 7.13. The molecule has 0 fully saturated rings. The lowest BCUT2D eigenvalue weighted by Gasteiger charge is -1.74. The molecule has 0 unspecified atom stereocenters. The fourth-order valence-electron chi connectivity index (χ4n) is 0.438. The van der Waals surface area contributed by atoms with Crippen LogP contribution in [0.25, 0.3) is 0 Å². The van der Waals surface area contributed by atoms with Gasteiger partial charge in [-0.3, -0.25) is 4.99 Å². The molecule has 1 aliphatic rings. The molecule has 0 saturated heterocycles. The summed E-state index contributed by atoms with van der Waals surface area (Å²) in [6.45, 7) is 0. The Morgan fingerprint density at radius 3 is 2.27 bits per heavy atom. The van der Waals surface area contributed by atoms with Crippen LogP contribution < -0.4 is 0 Å². The van der Waals surface area contributed by atoms with Crippen LogP contribution in [0.3, 0.4) is 0 Å². The van der Waals surface area contributed by atoms with Crippen molar-refractivity contribution in [1.29, 1.82) is 0 Å². The number of aliphatic carboxylic acids is 2. The summed E-state index contributed by atoms with van der Waals surface area (Å²) < 4.78 is 0. The Hall–Kier alpha value is -1.82. The van der Waals surface area contributed by atoms with E-state index in [4.69, 9.17) is 10.2 Å². The second kappa shape index (κ2) is 8.76. The van der Waals surface area contributed by atoms with Crippen LogP contribution in [0, 0.1) is 0 Å². The summed E-state index contributed by atoms with van der Waals surface area (Å²) in [7, 11) is 0. The largest absolute Gasteiger partial charge is 0.478 e. The topological polar surface area (TPSA) is 87.0 Å². The number of allylic oxidation sites excluding steroid dienone is 1. The van der Waals surface area contributed by atoms with Crippen LogP contribution >= 0.6 is 11.8 Å². The van der Waals surface area contributed by atoms with E-state index in [0.717, 1.165) is 0 Å². The van der Waals surface area contributed by atoms with Crippen molar-refractivity contribution in [2.75, 3.05) is 0 Å². The molecule has 0 aromatic carbocycles. The van der Waals surface area contributed by atoms with Crippen LogP contribution in [-0.4, -0.2) is 28.4 Å². The molecule has 1 aliphatic heterocycles. The lowest BCUT2D eigenvalue weighted by molar-refractivity contribution is -0.134. The van der Waals surface area contributed by atoms with Gasteiger partial charge in [-0.25, -0.2) is 9.59 Å². The van der Waals surface area contributed by atoms with Gasteiger partial charge < -0.3 is 10.2 Å². The molecule has 0 aromatic rings. The molecule has 15 heavy (non-hydrogen) atoms. The van der Waals surface area contributed by atoms with E-state index in [1.165, 1.54) is 0 Å². The molecule has 0 amide bonds. The summed E-state index contributed by atoms with van der Waals surface area (Å²) in [5.41, 5.74) is 0. The Balaban J connectivity index is 0.000000262. The first-order valence-corrected chi connectivity index (χ1v) is 4.70. The molecular formula is C9H9NO4S. The van der Waals surface area contributed by atoms with Crippen LogP contribution in [0.4, 0.5) is 0 Å². The Morgan fingerprint density at radius 2 is 1.73 bits per heavy atom. The first-order valence-electron chi connectivity index (χ1n) is 3.75. The SMILES string of the molecule is C1=CSC=CN=C1.O=C(O)/C=C/C(=O)O. The fraction of sp³-hybridized carbons (Fsp3) is 0. The van der Waals surface area contributed by atoms with E-state index >= 15 is 0 Å². The van der Waals surface area contributed by atoms with Crippen LogP contribution in [0.15, 0.2) is 40.2 Å². The van der Waals surface area contributed by atoms with Crippen molar-refractivity contribution >= 4 is 29.9 Å². The minimum Gasteiger partial charge on any atom is -0.478 e. The lowest BCUT2D eigenvalue weighted by atomic mass is 10.5. The van der Waals surface area contributed by atoms with Crippen LogP contribution in [-0.2, 0) is 9.59 Å². The molecule has 0 bridgehead atoms. The van der Waals surface area contributed by atoms with E-state index in [2.05, 4.69) is 4.99 Å². The molecule has 0 radical (unpaired) electrons. The predicted octanol–water partition coefficient (Wildman–Crippen LogP) is 1.50. The van der Waals surface area contributed by atoms with Gasteiger partial charge >= 0.3 is 11.9 Å². The van der Waals surface area contributed by atoms with Gasteiger partial charge in [-0.1, -0.05) is 0 Å². The third kappa shape index (κ3) is 12.2. The highest BCUT2D eigenvalue weighted by atomic mass is 32.2. The minimum absolute atomic E-state index is 0.558. The lowest BCUT2D eigenvalue weighted by Crippen LogP contribution is -1.91. The summed E-state index contributed by atoms with van der Waals surface area (Å²) in [5, 5.41) is 19.5. The zero-order valence-electron chi connectivity index (χ0n) is 7.61. The number of hydrogen-bond donors (Lipinski definition) is 2. The Labute approximate surface area is 90.5 Å². The maximum atomic E-state index is 9.55. The van der Waals surface area contributed by atoms with Crippen molar-refractivity contribution in [3.63, 3.8) is 0 Å². The van der Waals surface area contributed by atoms with Crippen LogP contribution in [0.5, 0.6) is 0 Å². The number of carboxylic acid groups (broad SMARTS) is 2. The second-order valence-corrected chi connectivity index (χ2v) is 2.87. The quantitative estimate of drug-likeness (QED) is 0.698. The third-order valence-corrected chi connectivity index (χ3v) is 1.52. The summed E-state index contributed by atoms with van der Waals surface area (Å²) in [4.78, 5) is 23.0. The number of rotatable bonds is 2. The van der Waals surface area contributed by atoms with E-state index in [9.17, 15) is 9.59 Å². The van der Waals surface area contributed by atoms with E-state index in [-0.39, 0.29) is 0 Å². The molecule has 80 valence electrons. The van der Waals surface area contributed by atoms with Crippen molar-refractivity contribution in [2.24, 2.45) is 4.99 Å². The van der Waals surface area contributed by atoms with Crippen LogP contribution in [0.2, 0.25) is 0 Å². The molecule has 0 saturated carbocycles. The van der Waals surface area contributed by atoms with Crippen LogP contribution in [0.1, 0.15) is 0 Å². The monoisotopic (exact) mass is 227 g/mol. The highest BCUT2D eigenvalue weighted by Crippen LogP contribution is 2.04. The molecular weight excluding hydrogens is 218 g/mol. The van der Waals surface area contributed by atoms with E-state index in [1.54, 1.807) is 24.2 Å². The van der Waals surface area contributed by atoms with Gasteiger partial charge in [-0.05, 0) is 16.9 Å². The number of carbonyl (C=O) groups is 2. The van der Waals surface area contributed by atoms with Gasteiger partial charge in [0.1, 0.15) is 0 Å². The average molecular weight is 227 g/mol. The second-order valence-electron chi connectivity index (χ2n) is 2.06. The maximum Gasteiger partial charge on any atom is 0.328 e. The molecule has 1 rings (SSSR count). The van der Waals surface area contributed by atoms with Gasteiger partial charge in [0.15, 0.2) is 0 Å². The molecule has 0 aromatic heterocycles.